The molecule has 0 aliphatic rings. The maximum absolute atomic E-state index is 12.7. The molecular weight excluding hydrogens is 838 g/mol. The lowest BCUT2D eigenvalue weighted by atomic mass is 10.0. The van der Waals surface area contributed by atoms with Crippen molar-refractivity contribution < 1.29 is 28.8 Å². The highest BCUT2D eigenvalue weighted by molar-refractivity contribution is 7.46. The Morgan fingerprint density at radius 2 is 0.591 bits per heavy atom. The molecule has 2 atom stereocenters. The molecule has 4 N–H and O–H groups in total. The van der Waals surface area contributed by atoms with Crippen LogP contribution in [0.15, 0.2) is 0 Å². The third-order valence-corrected chi connectivity index (χ3v) is 14.8. The monoisotopic (exact) mass is 956 g/mol. The van der Waals surface area contributed by atoms with Crippen molar-refractivity contribution in [2.45, 2.75) is 360 Å². The highest BCUT2D eigenvalue weighted by atomic mass is 31.2. The molecule has 0 saturated heterocycles. The summed E-state index contributed by atoms with van der Waals surface area (Å²) in [6.07, 6.45) is 67.3. The number of aliphatic hydroxyl groups is 1. The van der Waals surface area contributed by atoms with Crippen molar-refractivity contribution in [2.75, 3.05) is 6.61 Å². The maximum atomic E-state index is 12.7. The molecule has 0 fully saturated rings. The maximum Gasteiger partial charge on any atom is 0.469 e. The summed E-state index contributed by atoms with van der Waals surface area (Å²) in [4.78, 5) is 31.2. The summed E-state index contributed by atoms with van der Waals surface area (Å²) in [6.45, 7) is 4.17. The molecule has 0 saturated carbocycles. The summed E-state index contributed by atoms with van der Waals surface area (Å²) in [5.41, 5.74) is 0. The van der Waals surface area contributed by atoms with Gasteiger partial charge >= 0.3 is 7.82 Å². The molecular formula is C58H118NO6P. The lowest BCUT2D eigenvalue weighted by Gasteiger charge is -2.24. The van der Waals surface area contributed by atoms with Gasteiger partial charge in [-0.1, -0.05) is 328 Å². The second-order valence-corrected chi connectivity index (χ2v) is 22.3. The molecule has 0 unspecified atom stereocenters. The first-order valence-corrected chi connectivity index (χ1v) is 31.5. The molecule has 66 heavy (non-hydrogen) atoms. The fourth-order valence-corrected chi connectivity index (χ4v) is 10.2. The molecule has 1 amide bonds. The predicted octanol–water partition coefficient (Wildman–Crippen LogP) is 19.3. The van der Waals surface area contributed by atoms with E-state index in [1.165, 1.54) is 283 Å². The van der Waals surface area contributed by atoms with Crippen LogP contribution in [-0.4, -0.2) is 39.6 Å². The smallest absolute Gasteiger partial charge is 0.391 e. The molecule has 0 aromatic rings. The third-order valence-electron chi connectivity index (χ3n) is 14.3. The fourth-order valence-electron chi connectivity index (χ4n) is 9.82. The highest BCUT2D eigenvalue weighted by Crippen LogP contribution is 2.36. The summed E-state index contributed by atoms with van der Waals surface area (Å²) in [5.74, 6) is -0.184. The number of amides is 1. The van der Waals surface area contributed by atoms with E-state index in [1.54, 1.807) is 0 Å². The number of carbonyl (C=O) groups is 1. The minimum Gasteiger partial charge on any atom is -0.391 e. The van der Waals surface area contributed by atoms with Crippen molar-refractivity contribution in [1.82, 2.24) is 5.32 Å². The van der Waals surface area contributed by atoms with E-state index in [0.29, 0.717) is 12.8 Å². The second kappa shape index (κ2) is 53.9. The van der Waals surface area contributed by atoms with Crippen LogP contribution >= 0.6 is 7.82 Å². The summed E-state index contributed by atoms with van der Waals surface area (Å²) >= 11 is 0. The Morgan fingerprint density at radius 3 is 0.818 bits per heavy atom. The molecule has 396 valence electrons. The van der Waals surface area contributed by atoms with E-state index in [2.05, 4.69) is 19.2 Å². The molecule has 0 aliphatic heterocycles. The number of phosphoric ester groups is 1. The van der Waals surface area contributed by atoms with E-state index < -0.39 is 26.6 Å². The van der Waals surface area contributed by atoms with Gasteiger partial charge in [-0.2, -0.15) is 0 Å². The molecule has 7 nitrogen and oxygen atoms in total. The number of aliphatic hydroxyl groups excluding tert-OH is 1. The van der Waals surface area contributed by atoms with E-state index >= 15 is 0 Å². The van der Waals surface area contributed by atoms with Crippen LogP contribution < -0.4 is 5.32 Å². The Kier molecular flexibility index (Phi) is 53.5. The summed E-state index contributed by atoms with van der Waals surface area (Å²) in [7, 11) is -4.69. The number of hydrogen-bond donors (Lipinski definition) is 4. The molecule has 0 spiro atoms. The van der Waals surface area contributed by atoms with E-state index in [9.17, 15) is 24.3 Å². The van der Waals surface area contributed by atoms with Crippen LogP contribution in [-0.2, 0) is 13.9 Å². The van der Waals surface area contributed by atoms with Crippen molar-refractivity contribution in [3.63, 3.8) is 0 Å². The fraction of sp³-hybridized carbons (Fsp3) is 0.983. The van der Waals surface area contributed by atoms with Crippen LogP contribution in [0.25, 0.3) is 0 Å². The van der Waals surface area contributed by atoms with E-state index in [4.69, 9.17) is 4.52 Å². The first kappa shape index (κ1) is 65.5. The Morgan fingerprint density at radius 1 is 0.379 bits per heavy atom. The Hall–Kier alpha value is -0.460. The summed E-state index contributed by atoms with van der Waals surface area (Å²) in [5, 5.41) is 13.6. The van der Waals surface area contributed by atoms with Crippen LogP contribution in [0, 0.1) is 0 Å². The van der Waals surface area contributed by atoms with Crippen molar-refractivity contribution >= 4 is 13.7 Å². The number of nitrogens with one attached hydrogen (secondary N) is 1. The van der Waals surface area contributed by atoms with E-state index in [1.807, 2.05) is 0 Å². The third kappa shape index (κ3) is 54.5. The topological polar surface area (TPSA) is 116 Å². The van der Waals surface area contributed by atoms with Gasteiger partial charge in [0.2, 0.25) is 5.91 Å². The zero-order valence-electron chi connectivity index (χ0n) is 44.6. The van der Waals surface area contributed by atoms with Gasteiger partial charge in [-0.05, 0) is 12.8 Å². The van der Waals surface area contributed by atoms with Gasteiger partial charge in [0, 0.05) is 6.42 Å². The number of carbonyl (C=O) groups excluding carboxylic acids is 1. The van der Waals surface area contributed by atoms with E-state index in [-0.39, 0.29) is 5.91 Å². The van der Waals surface area contributed by atoms with Gasteiger partial charge in [0.1, 0.15) is 0 Å². The average molecular weight is 957 g/mol. The highest BCUT2D eigenvalue weighted by Gasteiger charge is 2.25. The first-order chi connectivity index (χ1) is 32.3. The van der Waals surface area contributed by atoms with Gasteiger partial charge in [0.05, 0.1) is 18.8 Å². The van der Waals surface area contributed by atoms with Gasteiger partial charge in [-0.15, -0.1) is 0 Å². The van der Waals surface area contributed by atoms with Crippen molar-refractivity contribution in [1.29, 1.82) is 0 Å². The van der Waals surface area contributed by atoms with Crippen molar-refractivity contribution in [2.24, 2.45) is 0 Å². The van der Waals surface area contributed by atoms with Gasteiger partial charge in [-0.3, -0.25) is 9.32 Å². The Bertz CT molecular complexity index is 993. The molecule has 0 rings (SSSR count). The Balaban J connectivity index is 3.58. The number of hydrogen-bond acceptors (Lipinski definition) is 4. The standard InChI is InChI=1S/C58H118NO6P/c1-3-5-7-9-11-13-15-17-19-20-21-22-23-24-25-26-27-28-29-30-31-32-33-34-35-36-37-38-40-42-44-46-48-50-52-54-58(61)59-56(55-65-66(62,63)64)57(60)53-51-49-47-45-43-41-39-18-16-14-12-10-8-6-4-2/h56-57,60H,3-55H2,1-2H3,(H,59,61)(H2,62,63,64)/t56-,57+/m0/s1. The van der Waals surface area contributed by atoms with Crippen LogP contribution in [0.2, 0.25) is 0 Å². The lowest BCUT2D eigenvalue weighted by Crippen LogP contribution is -2.46. The minimum atomic E-state index is -4.69. The number of unbranched alkanes of at least 4 members (excludes halogenated alkanes) is 48. The van der Waals surface area contributed by atoms with Crippen LogP contribution in [0.1, 0.15) is 348 Å². The lowest BCUT2D eigenvalue weighted by molar-refractivity contribution is -0.123. The number of rotatable bonds is 57. The minimum absolute atomic E-state index is 0.184. The van der Waals surface area contributed by atoms with Crippen LogP contribution in [0.4, 0.5) is 0 Å². The molecule has 0 aromatic carbocycles. The molecule has 0 heterocycles. The second-order valence-electron chi connectivity index (χ2n) is 21.0. The van der Waals surface area contributed by atoms with E-state index in [0.717, 1.165) is 38.5 Å². The van der Waals surface area contributed by atoms with Crippen molar-refractivity contribution in [3.05, 3.63) is 0 Å². The zero-order valence-corrected chi connectivity index (χ0v) is 45.5. The zero-order chi connectivity index (χ0) is 48.1. The van der Waals surface area contributed by atoms with Gasteiger partial charge in [0.15, 0.2) is 0 Å². The molecule has 0 radical (unpaired) electrons. The van der Waals surface area contributed by atoms with Crippen LogP contribution in [0.3, 0.4) is 0 Å². The number of phosphoric acid groups is 1. The first-order valence-electron chi connectivity index (χ1n) is 30.0. The molecule has 0 bridgehead atoms. The molecule has 8 heteroatoms. The summed E-state index contributed by atoms with van der Waals surface area (Å²) in [6, 6.07) is -0.820. The normalized spacial score (nSPS) is 12.9. The predicted molar refractivity (Wildman–Crippen MR) is 287 cm³/mol. The molecule has 0 aromatic heterocycles. The van der Waals surface area contributed by atoms with Gasteiger partial charge in [0.25, 0.3) is 0 Å². The van der Waals surface area contributed by atoms with Gasteiger partial charge in [-0.25, -0.2) is 4.57 Å². The average Bonchev–Trinajstić information content (AvgIpc) is 3.30. The molecule has 0 aliphatic carbocycles. The Labute approximate surface area is 412 Å². The van der Waals surface area contributed by atoms with Crippen LogP contribution in [0.5, 0.6) is 0 Å². The van der Waals surface area contributed by atoms with Crippen molar-refractivity contribution in [3.8, 4) is 0 Å². The largest absolute Gasteiger partial charge is 0.469 e. The van der Waals surface area contributed by atoms with Gasteiger partial charge < -0.3 is 20.2 Å². The summed E-state index contributed by atoms with van der Waals surface area (Å²) < 4.78 is 16.1. The quantitative estimate of drug-likeness (QED) is 0.0356. The SMILES string of the molecule is CCCCCCCCCCCCCCCCCCCCCCCCCCCCCCCCCCCCCC(=O)N[C@@H](COP(=O)(O)O)[C@H](O)CCCCCCCCCCCCCCCCC.